The lowest BCUT2D eigenvalue weighted by Gasteiger charge is -2.13. The van der Waals surface area contributed by atoms with Crippen LogP contribution in [-0.2, 0) is 6.61 Å². The minimum Gasteiger partial charge on any atom is -0.497 e. The van der Waals surface area contributed by atoms with Crippen LogP contribution in [0.4, 0.5) is 0 Å². The van der Waals surface area contributed by atoms with Gasteiger partial charge in [-0.2, -0.15) is 4.98 Å². The van der Waals surface area contributed by atoms with E-state index in [2.05, 4.69) is 10.1 Å². The molecule has 21 heavy (non-hydrogen) atoms. The first-order valence-electron chi connectivity index (χ1n) is 6.98. The fourth-order valence-electron chi connectivity index (χ4n) is 2.08. The average molecular weight is 290 g/mol. The van der Waals surface area contributed by atoms with E-state index in [-0.39, 0.29) is 6.61 Å². The van der Waals surface area contributed by atoms with Crippen molar-refractivity contribution in [3.63, 3.8) is 0 Å². The second-order valence-corrected chi connectivity index (χ2v) is 5.19. The minimum atomic E-state index is -0.627. The molecule has 1 saturated carbocycles. The third kappa shape index (κ3) is 3.16. The Morgan fingerprint density at radius 2 is 2.24 bits per heavy atom. The summed E-state index contributed by atoms with van der Waals surface area (Å²) in [6.45, 7) is 1.89. The molecule has 1 aromatic heterocycles. The number of hydrogen-bond donors (Lipinski definition) is 1. The number of hydrogen-bond acceptors (Lipinski definition) is 6. The molecule has 1 heterocycles. The Labute approximate surface area is 122 Å². The predicted molar refractivity (Wildman–Crippen MR) is 74.2 cm³/mol. The van der Waals surface area contributed by atoms with E-state index in [0.29, 0.717) is 34.7 Å². The standard InChI is InChI=1S/C15H18N2O4/c1-9(18)12-6-5-11(19-2)7-13(12)20-8-14-16-15(21-17-14)10-3-4-10/h5-7,9-10,18H,3-4,8H2,1-2H3/t9-/m0/s1. The van der Waals surface area contributed by atoms with Crippen molar-refractivity contribution in [3.05, 3.63) is 35.5 Å². The molecule has 1 N–H and O–H groups in total. The molecule has 1 fully saturated rings. The molecule has 0 amide bonds. The lowest BCUT2D eigenvalue weighted by atomic mass is 10.1. The van der Waals surface area contributed by atoms with E-state index < -0.39 is 6.10 Å². The van der Waals surface area contributed by atoms with Crippen molar-refractivity contribution in [1.82, 2.24) is 10.1 Å². The minimum absolute atomic E-state index is 0.198. The highest BCUT2D eigenvalue weighted by atomic mass is 16.5. The largest absolute Gasteiger partial charge is 0.497 e. The summed E-state index contributed by atoms with van der Waals surface area (Å²) in [7, 11) is 1.59. The van der Waals surface area contributed by atoms with Crippen LogP contribution in [0.25, 0.3) is 0 Å². The maximum Gasteiger partial charge on any atom is 0.229 e. The number of methoxy groups -OCH3 is 1. The van der Waals surface area contributed by atoms with Gasteiger partial charge in [0.25, 0.3) is 0 Å². The topological polar surface area (TPSA) is 77.6 Å². The quantitative estimate of drug-likeness (QED) is 0.881. The zero-order valence-corrected chi connectivity index (χ0v) is 12.1. The van der Waals surface area contributed by atoms with Gasteiger partial charge in [-0.15, -0.1) is 0 Å². The van der Waals surface area contributed by atoms with Crippen LogP contribution in [0.2, 0.25) is 0 Å². The molecule has 6 nitrogen and oxygen atoms in total. The molecule has 0 saturated heterocycles. The highest BCUT2D eigenvalue weighted by molar-refractivity contribution is 5.41. The molecule has 1 aliphatic carbocycles. The maximum atomic E-state index is 9.78. The molecule has 0 bridgehead atoms. The number of aromatic nitrogens is 2. The van der Waals surface area contributed by atoms with Gasteiger partial charge in [-0.1, -0.05) is 5.16 Å². The van der Waals surface area contributed by atoms with Gasteiger partial charge in [0.2, 0.25) is 11.7 Å². The molecule has 0 aliphatic heterocycles. The Bertz CT molecular complexity index is 620. The van der Waals surface area contributed by atoms with Crippen molar-refractivity contribution in [1.29, 1.82) is 0 Å². The van der Waals surface area contributed by atoms with E-state index in [0.717, 1.165) is 12.8 Å². The Kier molecular flexibility index (Phi) is 3.79. The van der Waals surface area contributed by atoms with Gasteiger partial charge in [0.15, 0.2) is 6.61 Å². The van der Waals surface area contributed by atoms with Gasteiger partial charge in [-0.3, -0.25) is 0 Å². The van der Waals surface area contributed by atoms with Gasteiger partial charge in [-0.05, 0) is 31.9 Å². The van der Waals surface area contributed by atoms with Crippen molar-refractivity contribution >= 4 is 0 Å². The fraction of sp³-hybridized carbons (Fsp3) is 0.467. The SMILES string of the molecule is COc1ccc([C@H](C)O)c(OCc2noc(C3CC3)n2)c1. The van der Waals surface area contributed by atoms with Crippen molar-refractivity contribution in [2.24, 2.45) is 0 Å². The highest BCUT2D eigenvalue weighted by Gasteiger charge is 2.29. The van der Waals surface area contributed by atoms with Crippen LogP contribution >= 0.6 is 0 Å². The Morgan fingerprint density at radius 1 is 1.43 bits per heavy atom. The van der Waals surface area contributed by atoms with Gasteiger partial charge in [-0.25, -0.2) is 0 Å². The molecule has 0 spiro atoms. The van der Waals surface area contributed by atoms with Crippen LogP contribution < -0.4 is 9.47 Å². The molecule has 3 rings (SSSR count). The monoisotopic (exact) mass is 290 g/mol. The molecule has 1 atom stereocenters. The van der Waals surface area contributed by atoms with Crippen LogP contribution in [0.1, 0.15) is 49.1 Å². The van der Waals surface area contributed by atoms with Crippen LogP contribution in [0, 0.1) is 0 Å². The van der Waals surface area contributed by atoms with Crippen LogP contribution in [-0.4, -0.2) is 22.4 Å². The summed E-state index contributed by atoms with van der Waals surface area (Å²) < 4.78 is 16.1. The molecular weight excluding hydrogens is 272 g/mol. The fourth-order valence-corrected chi connectivity index (χ4v) is 2.08. The lowest BCUT2D eigenvalue weighted by Crippen LogP contribution is -2.03. The number of aliphatic hydroxyl groups is 1. The third-order valence-electron chi connectivity index (χ3n) is 3.44. The number of ether oxygens (including phenoxy) is 2. The van der Waals surface area contributed by atoms with Crippen LogP contribution in [0.15, 0.2) is 22.7 Å². The highest BCUT2D eigenvalue weighted by Crippen LogP contribution is 2.39. The third-order valence-corrected chi connectivity index (χ3v) is 3.44. The number of aliphatic hydroxyl groups excluding tert-OH is 1. The first kappa shape index (κ1) is 13.9. The Morgan fingerprint density at radius 3 is 2.90 bits per heavy atom. The maximum absolute atomic E-state index is 9.78. The van der Waals surface area contributed by atoms with Crippen LogP contribution in [0.3, 0.4) is 0 Å². The smallest absolute Gasteiger partial charge is 0.229 e. The summed E-state index contributed by atoms with van der Waals surface area (Å²) in [6, 6.07) is 5.31. The second-order valence-electron chi connectivity index (χ2n) is 5.19. The summed E-state index contributed by atoms with van der Waals surface area (Å²) >= 11 is 0. The molecular formula is C15H18N2O4. The van der Waals surface area contributed by atoms with Gasteiger partial charge in [0.05, 0.1) is 13.2 Å². The van der Waals surface area contributed by atoms with E-state index in [1.54, 1.807) is 32.2 Å². The first-order chi connectivity index (χ1) is 10.2. The van der Waals surface area contributed by atoms with Crippen LogP contribution in [0.5, 0.6) is 11.5 Å². The zero-order chi connectivity index (χ0) is 14.8. The molecule has 1 aliphatic rings. The molecule has 112 valence electrons. The van der Waals surface area contributed by atoms with Gasteiger partial charge < -0.3 is 19.1 Å². The summed E-state index contributed by atoms with van der Waals surface area (Å²) in [4.78, 5) is 4.31. The van der Waals surface area contributed by atoms with E-state index in [9.17, 15) is 5.11 Å². The Balaban J connectivity index is 1.73. The summed E-state index contributed by atoms with van der Waals surface area (Å²) in [5, 5.41) is 13.7. The zero-order valence-electron chi connectivity index (χ0n) is 12.1. The number of rotatable bonds is 6. The van der Waals surface area contributed by atoms with Crippen molar-refractivity contribution in [2.45, 2.75) is 38.4 Å². The number of benzene rings is 1. The van der Waals surface area contributed by atoms with E-state index >= 15 is 0 Å². The van der Waals surface area contributed by atoms with E-state index in [1.807, 2.05) is 0 Å². The Hall–Kier alpha value is -2.08. The molecule has 0 radical (unpaired) electrons. The number of nitrogens with zero attached hydrogens (tertiary/aromatic N) is 2. The van der Waals surface area contributed by atoms with Gasteiger partial charge in [0.1, 0.15) is 11.5 Å². The molecule has 6 heteroatoms. The average Bonchev–Trinajstić information content (AvgIpc) is 3.23. The lowest BCUT2D eigenvalue weighted by molar-refractivity contribution is 0.189. The summed E-state index contributed by atoms with van der Waals surface area (Å²) in [6.07, 6.45) is 1.60. The second kappa shape index (κ2) is 5.73. The van der Waals surface area contributed by atoms with Gasteiger partial charge in [0, 0.05) is 17.5 Å². The summed E-state index contributed by atoms with van der Waals surface area (Å²) in [5.74, 6) is 2.85. The van der Waals surface area contributed by atoms with Crippen molar-refractivity contribution in [2.75, 3.05) is 7.11 Å². The normalized spacial score (nSPS) is 15.8. The van der Waals surface area contributed by atoms with E-state index in [1.165, 1.54) is 0 Å². The first-order valence-corrected chi connectivity index (χ1v) is 6.98. The molecule has 0 unspecified atom stereocenters. The van der Waals surface area contributed by atoms with Crippen molar-refractivity contribution < 1.29 is 19.1 Å². The predicted octanol–water partition coefficient (Wildman–Crippen LogP) is 2.59. The van der Waals surface area contributed by atoms with Crippen molar-refractivity contribution in [3.8, 4) is 11.5 Å². The molecule has 1 aromatic carbocycles. The van der Waals surface area contributed by atoms with E-state index in [4.69, 9.17) is 14.0 Å². The molecule has 2 aromatic rings. The van der Waals surface area contributed by atoms with Gasteiger partial charge >= 0.3 is 0 Å². The summed E-state index contributed by atoms with van der Waals surface area (Å²) in [5.41, 5.74) is 0.696.